The SMILES string of the molecule is COc1cc(/C=N/NC(=O)c2sc3cc(C)ccc3c2Cl)ccc1O. The predicted octanol–water partition coefficient (Wildman–Crippen LogP) is 4.34. The Balaban J connectivity index is 1.77. The molecule has 0 spiro atoms. The second kappa shape index (κ2) is 7.13. The summed E-state index contributed by atoms with van der Waals surface area (Å²) in [4.78, 5) is 12.7. The number of fused-ring (bicyclic) bond motifs is 1. The second-order valence-electron chi connectivity index (χ2n) is 5.38. The number of thiophene rings is 1. The quantitative estimate of drug-likeness (QED) is 0.527. The molecule has 0 saturated carbocycles. The summed E-state index contributed by atoms with van der Waals surface area (Å²) in [7, 11) is 1.46. The number of halogens is 1. The largest absolute Gasteiger partial charge is 0.504 e. The van der Waals surface area contributed by atoms with Crippen molar-refractivity contribution >= 4 is 45.1 Å². The summed E-state index contributed by atoms with van der Waals surface area (Å²) in [5, 5.41) is 14.8. The zero-order valence-corrected chi connectivity index (χ0v) is 15.1. The topological polar surface area (TPSA) is 70.9 Å². The van der Waals surface area contributed by atoms with Crippen molar-refractivity contribution in [3.05, 3.63) is 57.4 Å². The molecule has 2 N–H and O–H groups in total. The fourth-order valence-corrected chi connectivity index (χ4v) is 3.81. The van der Waals surface area contributed by atoms with Gasteiger partial charge in [-0.2, -0.15) is 5.10 Å². The molecule has 0 saturated heterocycles. The van der Waals surface area contributed by atoms with E-state index in [0.29, 0.717) is 21.2 Å². The van der Waals surface area contributed by atoms with Crippen LogP contribution >= 0.6 is 22.9 Å². The fourth-order valence-electron chi connectivity index (χ4n) is 2.31. The molecule has 3 aromatic rings. The molecule has 0 aliphatic rings. The average molecular weight is 375 g/mol. The highest BCUT2D eigenvalue weighted by Gasteiger charge is 2.16. The van der Waals surface area contributed by atoms with Crippen LogP contribution in [0.2, 0.25) is 5.02 Å². The van der Waals surface area contributed by atoms with E-state index in [2.05, 4.69) is 10.5 Å². The molecule has 0 atom stereocenters. The summed E-state index contributed by atoms with van der Waals surface area (Å²) in [5.74, 6) is 0.0000741. The van der Waals surface area contributed by atoms with Gasteiger partial charge in [0.1, 0.15) is 4.88 Å². The number of nitrogens with one attached hydrogen (secondary N) is 1. The summed E-state index contributed by atoms with van der Waals surface area (Å²) in [6, 6.07) is 10.6. The first-order valence-electron chi connectivity index (χ1n) is 7.38. The smallest absolute Gasteiger partial charge is 0.283 e. The average Bonchev–Trinajstić information content (AvgIpc) is 2.92. The van der Waals surface area contributed by atoms with Crippen LogP contribution in [0.15, 0.2) is 41.5 Å². The van der Waals surface area contributed by atoms with Gasteiger partial charge in [-0.25, -0.2) is 5.43 Å². The van der Waals surface area contributed by atoms with Gasteiger partial charge in [-0.1, -0.05) is 23.7 Å². The van der Waals surface area contributed by atoms with Crippen LogP contribution in [0.3, 0.4) is 0 Å². The van der Waals surface area contributed by atoms with Gasteiger partial charge in [-0.3, -0.25) is 4.79 Å². The number of carbonyl (C=O) groups excluding carboxylic acids is 1. The monoisotopic (exact) mass is 374 g/mol. The number of aromatic hydroxyl groups is 1. The predicted molar refractivity (Wildman–Crippen MR) is 101 cm³/mol. The van der Waals surface area contributed by atoms with Gasteiger partial charge in [0.25, 0.3) is 5.91 Å². The van der Waals surface area contributed by atoms with Crippen molar-refractivity contribution in [3.8, 4) is 11.5 Å². The fraction of sp³-hybridized carbons (Fsp3) is 0.111. The molecule has 5 nitrogen and oxygen atoms in total. The Kier molecular flexibility index (Phi) is 4.92. The third-order valence-corrected chi connectivity index (χ3v) is 5.23. The van der Waals surface area contributed by atoms with E-state index in [-0.39, 0.29) is 11.7 Å². The second-order valence-corrected chi connectivity index (χ2v) is 6.81. The van der Waals surface area contributed by atoms with Gasteiger partial charge in [0.15, 0.2) is 11.5 Å². The Labute approximate surface area is 153 Å². The van der Waals surface area contributed by atoms with E-state index in [0.717, 1.165) is 15.6 Å². The number of phenols is 1. The molecule has 25 heavy (non-hydrogen) atoms. The standard InChI is InChI=1S/C18H15ClN2O3S/c1-10-3-5-12-15(7-10)25-17(16(12)19)18(23)21-20-9-11-4-6-13(22)14(8-11)24-2/h3-9,22H,1-2H3,(H,21,23)/b20-9+. The van der Waals surface area contributed by atoms with Crippen molar-refractivity contribution in [2.75, 3.05) is 7.11 Å². The Bertz CT molecular complexity index is 982. The van der Waals surface area contributed by atoms with Gasteiger partial charge in [-0.15, -0.1) is 11.3 Å². The first-order valence-corrected chi connectivity index (χ1v) is 8.58. The van der Waals surface area contributed by atoms with Crippen LogP contribution in [0.1, 0.15) is 20.8 Å². The Morgan fingerprint density at radius 2 is 2.12 bits per heavy atom. The van der Waals surface area contributed by atoms with Crippen LogP contribution in [-0.4, -0.2) is 24.3 Å². The maximum atomic E-state index is 12.3. The van der Waals surface area contributed by atoms with Gasteiger partial charge >= 0.3 is 0 Å². The van der Waals surface area contributed by atoms with Crippen LogP contribution in [0.4, 0.5) is 0 Å². The summed E-state index contributed by atoms with van der Waals surface area (Å²) >= 11 is 7.64. The molecule has 1 amide bonds. The molecule has 0 aliphatic heterocycles. The zero-order valence-electron chi connectivity index (χ0n) is 13.5. The molecule has 7 heteroatoms. The molecule has 0 fully saturated rings. The van der Waals surface area contributed by atoms with Gasteiger partial charge < -0.3 is 9.84 Å². The number of rotatable bonds is 4. The van der Waals surface area contributed by atoms with Crippen molar-refractivity contribution in [1.29, 1.82) is 0 Å². The van der Waals surface area contributed by atoms with Crippen LogP contribution in [0.25, 0.3) is 10.1 Å². The summed E-state index contributed by atoms with van der Waals surface area (Å²) in [6.45, 7) is 1.99. The normalized spacial score (nSPS) is 11.2. The third kappa shape index (κ3) is 3.60. The molecule has 1 aromatic heterocycles. The number of methoxy groups -OCH3 is 1. The lowest BCUT2D eigenvalue weighted by Gasteiger charge is -2.03. The zero-order chi connectivity index (χ0) is 18.0. The van der Waals surface area contributed by atoms with E-state index < -0.39 is 0 Å². The van der Waals surface area contributed by atoms with E-state index in [1.165, 1.54) is 30.7 Å². The van der Waals surface area contributed by atoms with Gasteiger partial charge in [0, 0.05) is 10.1 Å². The number of amides is 1. The van der Waals surface area contributed by atoms with E-state index >= 15 is 0 Å². The lowest BCUT2D eigenvalue weighted by molar-refractivity contribution is 0.0959. The Hall–Kier alpha value is -2.57. The number of phenolic OH excluding ortho intramolecular Hbond substituents is 1. The van der Waals surface area contributed by atoms with Crippen LogP contribution < -0.4 is 10.2 Å². The maximum Gasteiger partial charge on any atom is 0.283 e. The Morgan fingerprint density at radius 1 is 1.32 bits per heavy atom. The maximum absolute atomic E-state index is 12.3. The van der Waals surface area contributed by atoms with Gasteiger partial charge in [0.2, 0.25) is 0 Å². The van der Waals surface area contributed by atoms with Crippen molar-refractivity contribution in [2.45, 2.75) is 6.92 Å². The van der Waals surface area contributed by atoms with Crippen molar-refractivity contribution in [2.24, 2.45) is 5.10 Å². The number of carbonyl (C=O) groups is 1. The van der Waals surface area contributed by atoms with Crippen molar-refractivity contribution in [3.63, 3.8) is 0 Å². The molecule has 0 radical (unpaired) electrons. The van der Waals surface area contributed by atoms with Gasteiger partial charge in [0.05, 0.1) is 18.3 Å². The summed E-state index contributed by atoms with van der Waals surface area (Å²) < 4.78 is 5.99. The molecular formula is C18H15ClN2O3S. The third-order valence-electron chi connectivity index (χ3n) is 3.57. The minimum atomic E-state index is -0.370. The van der Waals surface area contributed by atoms with Crippen LogP contribution in [0, 0.1) is 6.92 Å². The van der Waals surface area contributed by atoms with Crippen LogP contribution in [-0.2, 0) is 0 Å². The molecule has 2 aromatic carbocycles. The molecule has 0 unspecified atom stereocenters. The molecule has 0 aliphatic carbocycles. The highest BCUT2D eigenvalue weighted by Crippen LogP contribution is 2.35. The number of nitrogens with zero attached hydrogens (tertiary/aromatic N) is 1. The number of ether oxygens (including phenoxy) is 1. The van der Waals surface area contributed by atoms with Gasteiger partial charge in [-0.05, 0) is 42.3 Å². The first-order chi connectivity index (χ1) is 12.0. The minimum Gasteiger partial charge on any atom is -0.504 e. The van der Waals surface area contributed by atoms with Crippen LogP contribution in [0.5, 0.6) is 11.5 Å². The molecule has 1 heterocycles. The number of benzene rings is 2. The lowest BCUT2D eigenvalue weighted by atomic mass is 10.2. The highest BCUT2D eigenvalue weighted by molar-refractivity contribution is 7.21. The molecule has 128 valence electrons. The van der Waals surface area contributed by atoms with Crippen molar-refractivity contribution in [1.82, 2.24) is 5.43 Å². The highest BCUT2D eigenvalue weighted by atomic mass is 35.5. The number of hydrogen-bond donors (Lipinski definition) is 2. The van der Waals surface area contributed by atoms with Crippen molar-refractivity contribution < 1.29 is 14.6 Å². The van der Waals surface area contributed by atoms with E-state index in [1.54, 1.807) is 12.1 Å². The molecule has 3 rings (SSSR count). The number of aryl methyl sites for hydroxylation is 1. The lowest BCUT2D eigenvalue weighted by Crippen LogP contribution is -2.16. The molecule has 0 bridgehead atoms. The molecular weight excluding hydrogens is 360 g/mol. The summed E-state index contributed by atoms with van der Waals surface area (Å²) in [5.41, 5.74) is 4.25. The summed E-state index contributed by atoms with van der Waals surface area (Å²) in [6.07, 6.45) is 1.46. The van der Waals surface area contributed by atoms with E-state index in [9.17, 15) is 9.90 Å². The van der Waals surface area contributed by atoms with E-state index in [4.69, 9.17) is 16.3 Å². The number of hydrogen-bond acceptors (Lipinski definition) is 5. The Morgan fingerprint density at radius 3 is 2.88 bits per heavy atom. The van der Waals surface area contributed by atoms with E-state index in [1.807, 2.05) is 25.1 Å². The number of hydrazone groups is 1. The minimum absolute atomic E-state index is 0.0380. The first kappa shape index (κ1) is 17.3.